The second-order valence-electron chi connectivity index (χ2n) is 6.36. The SMILES string of the molecule is CNC(=O)CN1CCN(C(=O)c2cc3c(s2)CCCCC3)CC1.Cl. The van der Waals surface area contributed by atoms with Gasteiger partial charge in [0.15, 0.2) is 0 Å². The molecule has 134 valence electrons. The molecule has 1 aliphatic carbocycles. The molecular formula is C17H26ClN3O2S. The van der Waals surface area contributed by atoms with Gasteiger partial charge in [0.2, 0.25) is 5.91 Å². The minimum atomic E-state index is 0. The Morgan fingerprint density at radius 3 is 2.54 bits per heavy atom. The average Bonchev–Trinajstić information content (AvgIpc) is 2.85. The lowest BCUT2D eigenvalue weighted by Gasteiger charge is -2.34. The van der Waals surface area contributed by atoms with E-state index in [9.17, 15) is 9.59 Å². The fraction of sp³-hybridized carbons (Fsp3) is 0.647. The highest BCUT2D eigenvalue weighted by Gasteiger charge is 2.25. The first-order valence-electron chi connectivity index (χ1n) is 8.51. The normalized spacial score (nSPS) is 18.3. The number of hydrogen-bond donors (Lipinski definition) is 1. The number of nitrogens with zero attached hydrogens (tertiary/aromatic N) is 2. The van der Waals surface area contributed by atoms with Gasteiger partial charge < -0.3 is 10.2 Å². The summed E-state index contributed by atoms with van der Waals surface area (Å²) in [6, 6.07) is 2.13. The Morgan fingerprint density at radius 2 is 1.83 bits per heavy atom. The molecule has 0 aromatic carbocycles. The summed E-state index contributed by atoms with van der Waals surface area (Å²) in [6.45, 7) is 3.37. The number of nitrogens with one attached hydrogen (secondary N) is 1. The summed E-state index contributed by atoms with van der Waals surface area (Å²) in [5.41, 5.74) is 1.40. The van der Waals surface area contributed by atoms with Gasteiger partial charge in [-0.15, -0.1) is 23.7 Å². The van der Waals surface area contributed by atoms with E-state index < -0.39 is 0 Å². The maximum absolute atomic E-state index is 12.7. The van der Waals surface area contributed by atoms with Gasteiger partial charge in [-0.3, -0.25) is 14.5 Å². The molecule has 1 saturated heterocycles. The molecule has 2 heterocycles. The Hall–Kier alpha value is -1.11. The first-order valence-corrected chi connectivity index (χ1v) is 9.33. The van der Waals surface area contributed by atoms with Crippen LogP contribution in [-0.2, 0) is 17.6 Å². The number of fused-ring (bicyclic) bond motifs is 1. The van der Waals surface area contributed by atoms with E-state index in [0.29, 0.717) is 19.6 Å². The van der Waals surface area contributed by atoms with Gasteiger partial charge in [-0.05, 0) is 37.3 Å². The molecule has 1 fully saturated rings. The number of piperazine rings is 1. The summed E-state index contributed by atoms with van der Waals surface area (Å²) >= 11 is 1.70. The maximum Gasteiger partial charge on any atom is 0.264 e. The lowest BCUT2D eigenvalue weighted by molar-refractivity contribution is -0.122. The highest BCUT2D eigenvalue weighted by molar-refractivity contribution is 7.14. The highest BCUT2D eigenvalue weighted by Crippen LogP contribution is 2.29. The average molecular weight is 372 g/mol. The second kappa shape index (κ2) is 8.83. The summed E-state index contributed by atoms with van der Waals surface area (Å²) in [5.74, 6) is 0.203. The lowest BCUT2D eigenvalue weighted by Crippen LogP contribution is -2.50. The molecular weight excluding hydrogens is 346 g/mol. The van der Waals surface area contributed by atoms with Gasteiger partial charge >= 0.3 is 0 Å². The van der Waals surface area contributed by atoms with Crippen LogP contribution in [0.25, 0.3) is 0 Å². The molecule has 3 rings (SSSR count). The van der Waals surface area contributed by atoms with E-state index in [1.54, 1.807) is 18.4 Å². The van der Waals surface area contributed by atoms with E-state index in [4.69, 9.17) is 0 Å². The fourth-order valence-corrected chi connectivity index (χ4v) is 4.54. The van der Waals surface area contributed by atoms with Crippen molar-refractivity contribution in [2.75, 3.05) is 39.8 Å². The van der Waals surface area contributed by atoms with Crippen LogP contribution in [0, 0.1) is 0 Å². The third-order valence-electron chi connectivity index (χ3n) is 4.76. The fourth-order valence-electron chi connectivity index (χ4n) is 3.32. The van der Waals surface area contributed by atoms with Crippen LogP contribution in [0.2, 0.25) is 0 Å². The number of aryl methyl sites for hydroxylation is 2. The third-order valence-corrected chi connectivity index (χ3v) is 5.99. The van der Waals surface area contributed by atoms with Crippen molar-refractivity contribution in [3.05, 3.63) is 21.4 Å². The molecule has 1 aromatic rings. The number of rotatable bonds is 3. The number of carbonyl (C=O) groups is 2. The van der Waals surface area contributed by atoms with Crippen molar-refractivity contribution < 1.29 is 9.59 Å². The highest BCUT2D eigenvalue weighted by atomic mass is 35.5. The van der Waals surface area contributed by atoms with Gasteiger partial charge in [0.05, 0.1) is 11.4 Å². The van der Waals surface area contributed by atoms with Crippen molar-refractivity contribution in [1.29, 1.82) is 0 Å². The number of likely N-dealkylation sites (N-methyl/N-ethyl adjacent to an activating group) is 1. The minimum Gasteiger partial charge on any atom is -0.358 e. The topological polar surface area (TPSA) is 52.7 Å². The summed E-state index contributed by atoms with van der Waals surface area (Å²) < 4.78 is 0. The van der Waals surface area contributed by atoms with E-state index in [1.807, 2.05) is 4.90 Å². The first-order chi connectivity index (χ1) is 11.2. The number of amides is 2. The van der Waals surface area contributed by atoms with Crippen molar-refractivity contribution in [2.45, 2.75) is 32.1 Å². The Kier molecular flexibility index (Phi) is 7.07. The van der Waals surface area contributed by atoms with Crippen molar-refractivity contribution in [2.24, 2.45) is 0 Å². The third kappa shape index (κ3) is 4.49. The smallest absolute Gasteiger partial charge is 0.264 e. The molecule has 0 atom stereocenters. The summed E-state index contributed by atoms with van der Waals surface area (Å²) in [5, 5.41) is 2.65. The van der Waals surface area contributed by atoms with Crippen LogP contribution in [0.1, 0.15) is 39.4 Å². The molecule has 0 spiro atoms. The Balaban J connectivity index is 0.00000208. The molecule has 0 unspecified atom stereocenters. The zero-order valence-corrected chi connectivity index (χ0v) is 15.8. The van der Waals surface area contributed by atoms with Crippen molar-refractivity contribution in [1.82, 2.24) is 15.1 Å². The van der Waals surface area contributed by atoms with E-state index in [-0.39, 0.29) is 24.2 Å². The standard InChI is InChI=1S/C17H25N3O2S.ClH/c1-18-16(21)12-19-7-9-20(10-8-19)17(22)15-11-13-5-3-2-4-6-14(13)23-15;/h11H,2-10,12H2,1H3,(H,18,21);1H. The summed E-state index contributed by atoms with van der Waals surface area (Å²) in [4.78, 5) is 30.5. The van der Waals surface area contributed by atoms with Gasteiger partial charge in [0, 0.05) is 38.1 Å². The quantitative estimate of drug-likeness (QED) is 0.826. The van der Waals surface area contributed by atoms with Crippen LogP contribution >= 0.6 is 23.7 Å². The molecule has 7 heteroatoms. The summed E-state index contributed by atoms with van der Waals surface area (Å²) in [7, 11) is 1.66. The largest absolute Gasteiger partial charge is 0.358 e. The van der Waals surface area contributed by atoms with E-state index in [0.717, 1.165) is 30.8 Å². The van der Waals surface area contributed by atoms with Crippen LogP contribution in [0.3, 0.4) is 0 Å². The Bertz CT molecular complexity index is 559. The maximum atomic E-state index is 12.7. The molecule has 0 radical (unpaired) electrons. The van der Waals surface area contributed by atoms with Gasteiger partial charge in [-0.25, -0.2) is 0 Å². The van der Waals surface area contributed by atoms with Crippen LogP contribution in [0.15, 0.2) is 6.07 Å². The molecule has 2 aliphatic rings. The predicted octanol–water partition coefficient (Wildman–Crippen LogP) is 1.94. The van der Waals surface area contributed by atoms with Gasteiger partial charge in [0.1, 0.15) is 0 Å². The molecule has 24 heavy (non-hydrogen) atoms. The monoisotopic (exact) mass is 371 g/mol. The van der Waals surface area contributed by atoms with Gasteiger partial charge in [-0.2, -0.15) is 0 Å². The lowest BCUT2D eigenvalue weighted by atomic mass is 10.1. The van der Waals surface area contributed by atoms with Crippen LogP contribution in [-0.4, -0.2) is 61.4 Å². The van der Waals surface area contributed by atoms with Crippen LogP contribution in [0.4, 0.5) is 0 Å². The second-order valence-corrected chi connectivity index (χ2v) is 7.50. The number of halogens is 1. The van der Waals surface area contributed by atoms with E-state index in [2.05, 4.69) is 16.3 Å². The molecule has 1 aromatic heterocycles. The number of thiophene rings is 1. The molecule has 5 nitrogen and oxygen atoms in total. The van der Waals surface area contributed by atoms with Gasteiger partial charge in [-0.1, -0.05) is 6.42 Å². The van der Waals surface area contributed by atoms with Crippen LogP contribution < -0.4 is 5.32 Å². The number of carbonyl (C=O) groups excluding carboxylic acids is 2. The minimum absolute atomic E-state index is 0. The summed E-state index contributed by atoms with van der Waals surface area (Å²) in [6.07, 6.45) is 6.05. The number of hydrogen-bond acceptors (Lipinski definition) is 4. The molecule has 0 bridgehead atoms. The van der Waals surface area contributed by atoms with E-state index in [1.165, 1.54) is 29.7 Å². The Morgan fingerprint density at radius 1 is 1.12 bits per heavy atom. The predicted molar refractivity (Wildman–Crippen MR) is 99.2 cm³/mol. The van der Waals surface area contributed by atoms with Crippen LogP contribution in [0.5, 0.6) is 0 Å². The molecule has 1 aliphatic heterocycles. The molecule has 1 N–H and O–H groups in total. The zero-order valence-electron chi connectivity index (χ0n) is 14.2. The van der Waals surface area contributed by atoms with E-state index >= 15 is 0 Å². The van der Waals surface area contributed by atoms with Crippen molar-refractivity contribution in [3.8, 4) is 0 Å². The Labute approximate surface area is 153 Å². The zero-order chi connectivity index (χ0) is 16.2. The molecule has 2 amide bonds. The van der Waals surface area contributed by atoms with Crippen molar-refractivity contribution in [3.63, 3.8) is 0 Å². The van der Waals surface area contributed by atoms with Gasteiger partial charge in [0.25, 0.3) is 5.91 Å². The molecule has 0 saturated carbocycles. The first kappa shape index (κ1) is 19.2. The van der Waals surface area contributed by atoms with Crippen molar-refractivity contribution >= 4 is 35.6 Å².